The summed E-state index contributed by atoms with van der Waals surface area (Å²) in [6, 6.07) is 2.76. The van der Waals surface area contributed by atoms with Crippen LogP contribution in [0.15, 0.2) is 30.7 Å². The van der Waals surface area contributed by atoms with Crippen LogP contribution in [0.2, 0.25) is 0 Å². The summed E-state index contributed by atoms with van der Waals surface area (Å²) in [6.45, 7) is 3.40. The SMILES string of the molecule is Cc1cc2c(-c3nc(N4C(F)C(C)NC(F)C4F)c4c(C5CC5)cncc4n3)ccnc2[nH]1. The average Bonchev–Trinajstić information content (AvgIpc) is 3.57. The van der Waals surface area contributed by atoms with Crippen molar-refractivity contribution >= 4 is 27.8 Å². The van der Waals surface area contributed by atoms with Gasteiger partial charge in [-0.2, -0.15) is 0 Å². The highest BCUT2D eigenvalue weighted by molar-refractivity contribution is 5.97. The van der Waals surface area contributed by atoms with Crippen molar-refractivity contribution in [2.45, 2.75) is 57.5 Å². The van der Waals surface area contributed by atoms with E-state index in [0.29, 0.717) is 22.1 Å². The van der Waals surface area contributed by atoms with Crippen molar-refractivity contribution in [3.8, 4) is 11.4 Å². The van der Waals surface area contributed by atoms with Gasteiger partial charge in [-0.1, -0.05) is 0 Å². The van der Waals surface area contributed by atoms with Crippen LogP contribution in [0.25, 0.3) is 33.3 Å². The molecule has 1 saturated carbocycles. The standard InChI is InChI=1S/C23H22F3N7/c1-10-7-14-13(5-6-28-21(14)29-10)22-31-16-9-27-8-15(12-3-4-12)17(16)23(32-22)33-19(25)11(2)30-18(24)20(33)26/h5-9,11-12,18-20,30H,3-4H2,1-2H3,(H,28,29). The van der Waals surface area contributed by atoms with E-state index in [4.69, 9.17) is 4.98 Å². The van der Waals surface area contributed by atoms with Gasteiger partial charge in [-0.25, -0.2) is 28.1 Å². The minimum absolute atomic E-state index is 0.0486. The van der Waals surface area contributed by atoms with Crippen LogP contribution in [0.1, 0.15) is 36.9 Å². The third-order valence-electron chi connectivity index (χ3n) is 6.39. The number of fused-ring (bicyclic) bond motifs is 2. The Hall–Kier alpha value is -3.27. The number of pyridine rings is 2. The van der Waals surface area contributed by atoms with Crippen molar-refractivity contribution in [2.24, 2.45) is 0 Å². The highest BCUT2D eigenvalue weighted by Gasteiger charge is 2.44. The monoisotopic (exact) mass is 453 g/mol. The van der Waals surface area contributed by atoms with Crippen LogP contribution in [0, 0.1) is 6.92 Å². The fourth-order valence-electron chi connectivity index (χ4n) is 4.61. The first-order valence-electron chi connectivity index (χ1n) is 11.0. The molecule has 4 atom stereocenters. The van der Waals surface area contributed by atoms with E-state index in [-0.39, 0.29) is 17.6 Å². The van der Waals surface area contributed by atoms with E-state index in [1.54, 1.807) is 24.7 Å². The molecule has 6 rings (SSSR count). The zero-order chi connectivity index (χ0) is 22.9. The Balaban J connectivity index is 1.64. The van der Waals surface area contributed by atoms with Crippen LogP contribution in [-0.4, -0.2) is 49.8 Å². The number of anilines is 1. The summed E-state index contributed by atoms with van der Waals surface area (Å²) in [4.78, 5) is 22.0. The van der Waals surface area contributed by atoms with Crippen LogP contribution in [-0.2, 0) is 0 Å². The van der Waals surface area contributed by atoms with E-state index in [9.17, 15) is 4.39 Å². The molecule has 0 aromatic carbocycles. The van der Waals surface area contributed by atoms with E-state index in [2.05, 4.69) is 25.3 Å². The van der Waals surface area contributed by atoms with Crippen LogP contribution < -0.4 is 10.2 Å². The fraction of sp³-hybridized carbons (Fsp3) is 0.391. The fourth-order valence-corrected chi connectivity index (χ4v) is 4.61. The lowest BCUT2D eigenvalue weighted by Crippen LogP contribution is -2.63. The Labute approximate surface area is 187 Å². The van der Waals surface area contributed by atoms with Gasteiger partial charge in [-0.3, -0.25) is 15.2 Å². The largest absolute Gasteiger partial charge is 0.344 e. The smallest absolute Gasteiger partial charge is 0.220 e. The van der Waals surface area contributed by atoms with Crippen molar-refractivity contribution in [2.75, 3.05) is 4.90 Å². The van der Waals surface area contributed by atoms with Gasteiger partial charge in [0.05, 0.1) is 17.8 Å². The number of H-pyrrole nitrogens is 1. The maximum Gasteiger partial charge on any atom is 0.220 e. The van der Waals surface area contributed by atoms with Crippen molar-refractivity contribution in [1.29, 1.82) is 0 Å². The number of alkyl halides is 3. The van der Waals surface area contributed by atoms with Crippen molar-refractivity contribution in [1.82, 2.24) is 30.2 Å². The number of halogens is 3. The molecule has 1 saturated heterocycles. The van der Waals surface area contributed by atoms with Crippen molar-refractivity contribution in [3.05, 3.63) is 42.0 Å². The molecule has 170 valence electrons. The molecular weight excluding hydrogens is 431 g/mol. The van der Waals surface area contributed by atoms with Crippen LogP contribution in [0.4, 0.5) is 19.0 Å². The molecule has 2 aliphatic rings. The Morgan fingerprint density at radius 3 is 2.70 bits per heavy atom. The Morgan fingerprint density at radius 2 is 1.91 bits per heavy atom. The predicted octanol–water partition coefficient (Wildman–Crippen LogP) is 4.44. The zero-order valence-corrected chi connectivity index (χ0v) is 18.1. The molecule has 10 heteroatoms. The topological polar surface area (TPSA) is 82.6 Å². The molecule has 5 heterocycles. The van der Waals surface area contributed by atoms with Crippen LogP contribution in [0.3, 0.4) is 0 Å². The van der Waals surface area contributed by atoms with Crippen molar-refractivity contribution in [3.63, 3.8) is 0 Å². The quantitative estimate of drug-likeness (QED) is 0.447. The Morgan fingerprint density at radius 1 is 1.09 bits per heavy atom. The maximum absolute atomic E-state index is 15.4. The zero-order valence-electron chi connectivity index (χ0n) is 18.1. The summed E-state index contributed by atoms with van der Waals surface area (Å²) in [7, 11) is 0. The Bertz CT molecular complexity index is 1360. The molecule has 1 aliphatic heterocycles. The van der Waals surface area contributed by atoms with E-state index in [1.807, 2.05) is 13.0 Å². The molecule has 2 N–H and O–H groups in total. The molecule has 33 heavy (non-hydrogen) atoms. The van der Waals surface area contributed by atoms with Crippen LogP contribution in [0.5, 0.6) is 0 Å². The molecule has 4 unspecified atom stereocenters. The third kappa shape index (κ3) is 3.23. The maximum atomic E-state index is 15.4. The number of aryl methyl sites for hydroxylation is 1. The number of nitrogens with zero attached hydrogens (tertiary/aromatic N) is 5. The summed E-state index contributed by atoms with van der Waals surface area (Å²) in [6.07, 6.45) is 0.696. The summed E-state index contributed by atoms with van der Waals surface area (Å²) >= 11 is 0. The second-order valence-corrected chi connectivity index (χ2v) is 8.85. The first kappa shape index (κ1) is 20.3. The second-order valence-electron chi connectivity index (χ2n) is 8.85. The number of hydrogen-bond donors (Lipinski definition) is 2. The molecule has 0 spiro atoms. The summed E-state index contributed by atoms with van der Waals surface area (Å²) in [5, 5.41) is 3.64. The normalized spacial score (nSPS) is 25.8. The molecule has 4 aromatic heterocycles. The van der Waals surface area contributed by atoms with Gasteiger partial charge in [0.15, 0.2) is 12.1 Å². The molecule has 4 aromatic rings. The van der Waals surface area contributed by atoms with E-state index < -0.39 is 24.9 Å². The number of aromatic amines is 1. The van der Waals surface area contributed by atoms with Gasteiger partial charge in [0, 0.05) is 34.4 Å². The van der Waals surface area contributed by atoms with Gasteiger partial charge in [-0.15, -0.1) is 0 Å². The minimum Gasteiger partial charge on any atom is -0.344 e. The van der Waals surface area contributed by atoms with Gasteiger partial charge in [0.2, 0.25) is 12.6 Å². The lowest BCUT2D eigenvalue weighted by atomic mass is 10.1. The predicted molar refractivity (Wildman–Crippen MR) is 119 cm³/mol. The average molecular weight is 453 g/mol. The number of hydrogen-bond acceptors (Lipinski definition) is 6. The van der Waals surface area contributed by atoms with Gasteiger partial charge >= 0.3 is 0 Å². The molecule has 0 amide bonds. The summed E-state index contributed by atoms with van der Waals surface area (Å²) in [5.41, 5.74) is 3.54. The number of aromatic nitrogens is 5. The highest BCUT2D eigenvalue weighted by Crippen LogP contribution is 2.46. The molecule has 7 nitrogen and oxygen atoms in total. The van der Waals surface area contributed by atoms with E-state index in [0.717, 1.165) is 34.4 Å². The lowest BCUT2D eigenvalue weighted by Gasteiger charge is -2.41. The van der Waals surface area contributed by atoms with Gasteiger partial charge in [-0.05, 0) is 50.3 Å². The highest BCUT2D eigenvalue weighted by atomic mass is 19.2. The molecule has 0 bridgehead atoms. The summed E-state index contributed by atoms with van der Waals surface area (Å²) < 4.78 is 45.0. The molecule has 2 fully saturated rings. The first-order valence-corrected chi connectivity index (χ1v) is 11.0. The van der Waals surface area contributed by atoms with Crippen LogP contribution >= 0.6 is 0 Å². The number of rotatable bonds is 3. The third-order valence-corrected chi connectivity index (χ3v) is 6.39. The van der Waals surface area contributed by atoms with E-state index >= 15 is 8.78 Å². The summed E-state index contributed by atoms with van der Waals surface area (Å²) in [5.74, 6) is 0.555. The first-order chi connectivity index (χ1) is 15.9. The number of nitrogens with one attached hydrogen (secondary N) is 2. The minimum atomic E-state index is -2.24. The Kier molecular flexibility index (Phi) is 4.55. The second kappa shape index (κ2) is 7.38. The van der Waals surface area contributed by atoms with Crippen molar-refractivity contribution < 1.29 is 13.2 Å². The van der Waals surface area contributed by atoms with E-state index in [1.165, 1.54) is 6.92 Å². The van der Waals surface area contributed by atoms with Gasteiger partial charge in [0.25, 0.3) is 0 Å². The van der Waals surface area contributed by atoms with Gasteiger partial charge in [0.1, 0.15) is 11.5 Å². The molecule has 1 aliphatic carbocycles. The van der Waals surface area contributed by atoms with Gasteiger partial charge < -0.3 is 4.98 Å². The molecular formula is C23H22F3N7. The lowest BCUT2D eigenvalue weighted by molar-refractivity contribution is 0.0377. The number of piperazine rings is 1. The molecule has 0 radical (unpaired) electrons.